The highest BCUT2D eigenvalue weighted by Gasteiger charge is 2.27. The Hall–Kier alpha value is -2.29. The van der Waals surface area contributed by atoms with Crippen molar-refractivity contribution < 1.29 is 22.7 Å². The number of halogens is 1. The van der Waals surface area contributed by atoms with E-state index in [1.165, 1.54) is 32.4 Å². The van der Waals surface area contributed by atoms with Gasteiger partial charge in [0.25, 0.3) is 0 Å². The largest absolute Gasteiger partial charge is 0.496 e. The van der Waals surface area contributed by atoms with Gasteiger partial charge < -0.3 is 15.2 Å². The van der Waals surface area contributed by atoms with Crippen LogP contribution in [0.2, 0.25) is 0 Å². The first-order valence-electron chi connectivity index (χ1n) is 8.52. The van der Waals surface area contributed by atoms with Gasteiger partial charge in [0, 0.05) is 17.8 Å². The van der Waals surface area contributed by atoms with Crippen LogP contribution in [0.15, 0.2) is 41.3 Å². The lowest BCUT2D eigenvalue weighted by Gasteiger charge is -2.26. The van der Waals surface area contributed by atoms with Crippen molar-refractivity contribution in [3.05, 3.63) is 53.1 Å². The fourth-order valence-corrected chi connectivity index (χ4v) is 4.59. The number of sulfonamides is 1. The van der Waals surface area contributed by atoms with E-state index >= 15 is 0 Å². The van der Waals surface area contributed by atoms with Crippen LogP contribution in [0.4, 0.5) is 5.69 Å². The number of ether oxygens (including phenoxy) is 2. The first-order valence-corrected chi connectivity index (χ1v) is 10.0. The zero-order valence-electron chi connectivity index (χ0n) is 15.6. The van der Waals surface area contributed by atoms with Gasteiger partial charge in [-0.05, 0) is 54.7 Å². The summed E-state index contributed by atoms with van der Waals surface area (Å²) >= 11 is 0. The van der Waals surface area contributed by atoms with E-state index in [2.05, 4.69) is 9.46 Å². The van der Waals surface area contributed by atoms with Gasteiger partial charge in [0.2, 0.25) is 10.0 Å². The molecule has 7 nitrogen and oxygen atoms in total. The van der Waals surface area contributed by atoms with E-state index in [-0.39, 0.29) is 34.7 Å². The average Bonchev–Trinajstić information content (AvgIpc) is 2.66. The van der Waals surface area contributed by atoms with Gasteiger partial charge in [0.05, 0.1) is 19.1 Å². The number of hydrogen-bond acceptors (Lipinski definition) is 6. The molecule has 2 aromatic carbocycles. The second kappa shape index (κ2) is 8.81. The number of methoxy groups -OCH3 is 2. The van der Waals surface area contributed by atoms with Crippen LogP contribution in [0, 0.1) is 0 Å². The summed E-state index contributed by atoms with van der Waals surface area (Å²) in [5, 5.41) is 0. The quantitative estimate of drug-likeness (QED) is 0.562. The molecule has 0 heterocycles. The molecule has 28 heavy (non-hydrogen) atoms. The number of nitrogen functional groups attached to an aromatic ring is 1. The van der Waals surface area contributed by atoms with Crippen LogP contribution in [0.25, 0.3) is 0 Å². The van der Waals surface area contributed by atoms with Gasteiger partial charge >= 0.3 is 5.97 Å². The van der Waals surface area contributed by atoms with Gasteiger partial charge in [-0.3, -0.25) is 0 Å². The monoisotopic (exact) mass is 426 g/mol. The third-order valence-corrected chi connectivity index (χ3v) is 6.14. The molecule has 0 spiro atoms. The summed E-state index contributed by atoms with van der Waals surface area (Å²) in [5.41, 5.74) is 8.67. The highest BCUT2D eigenvalue weighted by atomic mass is 35.5. The molecule has 0 aliphatic heterocycles. The molecule has 1 aliphatic rings. The molecule has 0 fully saturated rings. The second-order valence-corrected chi connectivity index (χ2v) is 8.09. The number of nitrogens with one attached hydrogen (secondary N) is 1. The highest BCUT2D eigenvalue weighted by Crippen LogP contribution is 2.33. The number of rotatable bonds is 5. The molecular weight excluding hydrogens is 404 g/mol. The lowest BCUT2D eigenvalue weighted by Crippen LogP contribution is -2.31. The number of benzene rings is 2. The summed E-state index contributed by atoms with van der Waals surface area (Å²) in [6.45, 7) is 0. The van der Waals surface area contributed by atoms with Crippen molar-refractivity contribution in [1.29, 1.82) is 0 Å². The molecule has 0 radical (unpaired) electrons. The van der Waals surface area contributed by atoms with E-state index in [0.29, 0.717) is 12.1 Å². The van der Waals surface area contributed by atoms with Gasteiger partial charge in [0.15, 0.2) is 0 Å². The Bertz CT molecular complexity index is 978. The molecular formula is C19H23ClN2O5S. The molecule has 3 N–H and O–H groups in total. The molecule has 1 aliphatic carbocycles. The topological polar surface area (TPSA) is 108 Å². The summed E-state index contributed by atoms with van der Waals surface area (Å²) < 4.78 is 38.4. The minimum absolute atomic E-state index is 0. The summed E-state index contributed by atoms with van der Waals surface area (Å²) in [7, 11) is -1.19. The fraction of sp³-hybridized carbons (Fsp3) is 0.316. The molecule has 1 unspecified atom stereocenters. The van der Waals surface area contributed by atoms with Gasteiger partial charge in [-0.15, -0.1) is 12.4 Å². The summed E-state index contributed by atoms with van der Waals surface area (Å²) in [6, 6.07) is 9.28. The van der Waals surface area contributed by atoms with Crippen LogP contribution in [0.3, 0.4) is 0 Å². The molecule has 0 saturated carbocycles. The van der Waals surface area contributed by atoms with Crippen LogP contribution in [-0.2, 0) is 21.2 Å². The van der Waals surface area contributed by atoms with E-state index in [1.54, 1.807) is 6.07 Å². The number of esters is 1. The number of nitrogens with two attached hydrogens (primary N) is 1. The van der Waals surface area contributed by atoms with E-state index in [9.17, 15) is 13.2 Å². The third-order valence-electron chi connectivity index (χ3n) is 4.67. The maximum atomic E-state index is 12.9. The second-order valence-electron chi connectivity index (χ2n) is 6.38. The standard InChI is InChI=1S/C19H22N2O5S.ClH/c1-25-18-11-14(7-9-16(18)19(22)26-2)27(23,24)21-17-5-3-4-12-10-13(20)6-8-15(12)17;/h6-11,17,21H,3-5,20H2,1-2H3;1H. The SMILES string of the molecule is COC(=O)c1ccc(S(=O)(=O)NC2CCCc3cc(N)ccc32)cc1OC.Cl. The predicted octanol–water partition coefficient (Wildman–Crippen LogP) is 2.84. The molecule has 3 rings (SSSR count). The smallest absolute Gasteiger partial charge is 0.341 e. The Labute approximate surface area is 170 Å². The minimum atomic E-state index is -3.81. The van der Waals surface area contributed by atoms with Crippen LogP contribution in [0.5, 0.6) is 5.75 Å². The van der Waals surface area contributed by atoms with Crippen molar-refractivity contribution >= 4 is 34.1 Å². The van der Waals surface area contributed by atoms with Crippen LogP contribution < -0.4 is 15.2 Å². The van der Waals surface area contributed by atoms with Crippen molar-refractivity contribution in [2.45, 2.75) is 30.2 Å². The molecule has 0 amide bonds. The van der Waals surface area contributed by atoms with E-state index in [1.807, 2.05) is 12.1 Å². The van der Waals surface area contributed by atoms with Gasteiger partial charge in [0.1, 0.15) is 11.3 Å². The van der Waals surface area contributed by atoms with Crippen molar-refractivity contribution in [1.82, 2.24) is 4.72 Å². The minimum Gasteiger partial charge on any atom is -0.496 e. The fourth-order valence-electron chi connectivity index (χ4n) is 3.33. The predicted molar refractivity (Wildman–Crippen MR) is 108 cm³/mol. The number of fused-ring (bicyclic) bond motifs is 1. The van der Waals surface area contributed by atoms with Gasteiger partial charge in [-0.1, -0.05) is 6.07 Å². The third kappa shape index (κ3) is 4.40. The Kier molecular flexibility index (Phi) is 6.92. The molecule has 0 saturated heterocycles. The Morgan fingerprint density at radius 1 is 1.18 bits per heavy atom. The van der Waals surface area contributed by atoms with Crippen LogP contribution in [-0.4, -0.2) is 28.6 Å². The summed E-state index contributed by atoms with van der Waals surface area (Å²) in [5.74, 6) is -0.455. The summed E-state index contributed by atoms with van der Waals surface area (Å²) in [4.78, 5) is 11.8. The van der Waals surface area contributed by atoms with Crippen molar-refractivity contribution in [2.24, 2.45) is 0 Å². The number of anilines is 1. The molecule has 0 bridgehead atoms. The Morgan fingerprint density at radius 2 is 1.93 bits per heavy atom. The van der Waals surface area contributed by atoms with Crippen molar-refractivity contribution in [2.75, 3.05) is 20.0 Å². The van der Waals surface area contributed by atoms with E-state index in [4.69, 9.17) is 10.5 Å². The molecule has 9 heteroatoms. The maximum absolute atomic E-state index is 12.9. The van der Waals surface area contributed by atoms with Crippen molar-refractivity contribution in [3.8, 4) is 5.75 Å². The lowest BCUT2D eigenvalue weighted by molar-refractivity contribution is 0.0597. The summed E-state index contributed by atoms with van der Waals surface area (Å²) in [6.07, 6.45) is 2.45. The first-order chi connectivity index (χ1) is 12.9. The van der Waals surface area contributed by atoms with E-state index < -0.39 is 16.0 Å². The molecule has 1 atom stereocenters. The number of hydrogen-bond donors (Lipinski definition) is 2. The Morgan fingerprint density at radius 3 is 2.61 bits per heavy atom. The Balaban J connectivity index is 0.00000280. The van der Waals surface area contributed by atoms with Gasteiger partial charge in [-0.2, -0.15) is 0 Å². The zero-order chi connectivity index (χ0) is 19.6. The van der Waals surface area contributed by atoms with Gasteiger partial charge in [-0.25, -0.2) is 17.9 Å². The van der Waals surface area contributed by atoms with E-state index in [0.717, 1.165) is 24.0 Å². The zero-order valence-corrected chi connectivity index (χ0v) is 17.2. The normalized spacial score (nSPS) is 15.9. The lowest BCUT2D eigenvalue weighted by atomic mass is 9.88. The molecule has 2 aromatic rings. The number of carbonyl (C=O) groups is 1. The number of aryl methyl sites for hydroxylation is 1. The highest BCUT2D eigenvalue weighted by molar-refractivity contribution is 7.89. The molecule has 0 aromatic heterocycles. The molecule has 152 valence electrons. The van der Waals surface area contributed by atoms with Crippen LogP contribution >= 0.6 is 12.4 Å². The first kappa shape index (κ1) is 22.0. The average molecular weight is 427 g/mol. The maximum Gasteiger partial charge on any atom is 0.341 e. The van der Waals surface area contributed by atoms with Crippen LogP contribution in [0.1, 0.15) is 40.4 Å². The van der Waals surface area contributed by atoms with Crippen molar-refractivity contribution in [3.63, 3.8) is 0 Å². The number of carbonyl (C=O) groups excluding carboxylic acids is 1.